The molecule has 0 spiro atoms. The Morgan fingerprint density at radius 3 is 2.75 bits per heavy atom. The molecule has 100 valence electrons. The van der Waals surface area contributed by atoms with Crippen molar-refractivity contribution in [3.05, 3.63) is 62.6 Å². The molecule has 2 aromatic rings. The average Bonchev–Trinajstić information content (AvgIpc) is 2.43. The van der Waals surface area contributed by atoms with Gasteiger partial charge in [0.25, 0.3) is 5.91 Å². The number of aryl methyl sites for hydroxylation is 1. The molecule has 2 aromatic carbocycles. The number of hydrogen-bond acceptors (Lipinski definition) is 2. The molecule has 1 amide bonds. The van der Waals surface area contributed by atoms with Crippen LogP contribution in [0.1, 0.15) is 21.5 Å². The first-order chi connectivity index (χ1) is 9.51. The van der Waals surface area contributed by atoms with Crippen LogP contribution >= 0.6 is 27.5 Å². The van der Waals surface area contributed by atoms with E-state index in [9.17, 15) is 4.79 Å². The molecule has 0 heterocycles. The predicted octanol–water partition coefficient (Wildman–Crippen LogP) is 4.53. The van der Waals surface area contributed by atoms with E-state index in [0.29, 0.717) is 21.8 Å². The number of carbonyl (C=O) groups is 1. The zero-order valence-corrected chi connectivity index (χ0v) is 12.9. The van der Waals surface area contributed by atoms with E-state index < -0.39 is 0 Å². The molecule has 0 saturated heterocycles. The van der Waals surface area contributed by atoms with E-state index >= 15 is 0 Å². The zero-order chi connectivity index (χ0) is 14.7. The molecule has 0 atom stereocenters. The zero-order valence-electron chi connectivity index (χ0n) is 10.6. The van der Waals surface area contributed by atoms with Gasteiger partial charge in [-0.2, -0.15) is 5.26 Å². The smallest absolute Gasteiger partial charge is 0.256 e. The van der Waals surface area contributed by atoms with Gasteiger partial charge in [-0.25, -0.2) is 0 Å². The van der Waals surface area contributed by atoms with Gasteiger partial charge < -0.3 is 5.32 Å². The van der Waals surface area contributed by atoms with Gasteiger partial charge in [0, 0.05) is 10.0 Å². The molecule has 2 rings (SSSR count). The van der Waals surface area contributed by atoms with Crippen LogP contribution in [0.25, 0.3) is 0 Å². The summed E-state index contributed by atoms with van der Waals surface area (Å²) >= 11 is 9.36. The summed E-state index contributed by atoms with van der Waals surface area (Å²) in [5.41, 5.74) is 2.28. The summed E-state index contributed by atoms with van der Waals surface area (Å²) in [7, 11) is 0. The molecule has 20 heavy (non-hydrogen) atoms. The van der Waals surface area contributed by atoms with E-state index in [1.165, 1.54) is 0 Å². The maximum absolute atomic E-state index is 12.3. The number of amides is 1. The number of nitriles is 1. The van der Waals surface area contributed by atoms with Gasteiger partial charge in [-0.05, 0) is 42.8 Å². The molecule has 0 aliphatic carbocycles. The second-order valence-corrected chi connectivity index (χ2v) is 5.54. The molecule has 0 radical (unpaired) electrons. The van der Waals surface area contributed by atoms with Crippen LogP contribution in [0.2, 0.25) is 5.02 Å². The SMILES string of the molecule is Cc1ccc(Br)cc1C(=O)Nc1cc(C#N)ccc1Cl. The third-order valence-corrected chi connectivity index (χ3v) is 3.61. The molecule has 0 aliphatic rings. The van der Waals surface area contributed by atoms with Gasteiger partial charge in [-0.1, -0.05) is 33.6 Å². The standard InChI is InChI=1S/C15H10BrClN2O/c1-9-2-4-11(16)7-12(9)15(20)19-14-6-10(8-18)3-5-13(14)17/h2-7H,1H3,(H,19,20). The van der Waals surface area contributed by atoms with Crippen LogP contribution in [0.15, 0.2) is 40.9 Å². The monoisotopic (exact) mass is 348 g/mol. The molecular formula is C15H10BrClN2O. The lowest BCUT2D eigenvalue weighted by molar-refractivity contribution is 0.102. The number of carbonyl (C=O) groups excluding carboxylic acids is 1. The Hall–Kier alpha value is -1.83. The van der Waals surface area contributed by atoms with Gasteiger partial charge in [0.2, 0.25) is 0 Å². The summed E-state index contributed by atoms with van der Waals surface area (Å²) in [5.74, 6) is -0.263. The van der Waals surface area contributed by atoms with Gasteiger partial charge >= 0.3 is 0 Å². The summed E-state index contributed by atoms with van der Waals surface area (Å²) in [6, 6.07) is 12.2. The van der Waals surface area contributed by atoms with Crippen molar-refractivity contribution in [1.29, 1.82) is 5.26 Å². The third-order valence-electron chi connectivity index (χ3n) is 2.79. The quantitative estimate of drug-likeness (QED) is 0.865. The minimum Gasteiger partial charge on any atom is -0.321 e. The van der Waals surface area contributed by atoms with Crippen LogP contribution in [0.5, 0.6) is 0 Å². The highest BCUT2D eigenvalue weighted by atomic mass is 79.9. The van der Waals surface area contributed by atoms with Gasteiger partial charge in [0.05, 0.1) is 22.3 Å². The minimum absolute atomic E-state index is 0.263. The van der Waals surface area contributed by atoms with E-state index in [2.05, 4.69) is 21.2 Å². The predicted molar refractivity (Wildman–Crippen MR) is 83.0 cm³/mol. The Kier molecular flexibility index (Phi) is 4.43. The number of halogens is 2. The number of rotatable bonds is 2. The molecule has 5 heteroatoms. The lowest BCUT2D eigenvalue weighted by Gasteiger charge is -2.10. The van der Waals surface area contributed by atoms with Gasteiger partial charge in [0.1, 0.15) is 0 Å². The third kappa shape index (κ3) is 3.19. The van der Waals surface area contributed by atoms with Crippen molar-refractivity contribution < 1.29 is 4.79 Å². The number of nitrogens with one attached hydrogen (secondary N) is 1. The van der Waals surface area contributed by atoms with Gasteiger partial charge in [-0.3, -0.25) is 4.79 Å². The topological polar surface area (TPSA) is 52.9 Å². The summed E-state index contributed by atoms with van der Waals surface area (Å²) in [6.45, 7) is 1.86. The van der Waals surface area contributed by atoms with E-state index in [4.69, 9.17) is 16.9 Å². The summed E-state index contributed by atoms with van der Waals surface area (Å²) in [5, 5.41) is 12.0. The summed E-state index contributed by atoms with van der Waals surface area (Å²) in [6.07, 6.45) is 0. The Morgan fingerprint density at radius 1 is 1.30 bits per heavy atom. The first kappa shape index (κ1) is 14.6. The number of hydrogen-bond donors (Lipinski definition) is 1. The Labute approximate surface area is 130 Å². The highest BCUT2D eigenvalue weighted by Gasteiger charge is 2.12. The van der Waals surface area contributed by atoms with Gasteiger partial charge in [0.15, 0.2) is 0 Å². The molecule has 0 saturated carbocycles. The Bertz CT molecular complexity index is 722. The van der Waals surface area contributed by atoms with E-state index in [1.54, 1.807) is 24.3 Å². The maximum atomic E-state index is 12.3. The average molecular weight is 350 g/mol. The Morgan fingerprint density at radius 2 is 2.05 bits per heavy atom. The van der Waals surface area contributed by atoms with Crippen LogP contribution in [0.4, 0.5) is 5.69 Å². The fourth-order valence-corrected chi connectivity index (χ4v) is 2.24. The first-order valence-corrected chi connectivity index (χ1v) is 6.95. The molecule has 0 aromatic heterocycles. The van der Waals surface area contributed by atoms with Crippen molar-refractivity contribution in [2.75, 3.05) is 5.32 Å². The molecular weight excluding hydrogens is 340 g/mol. The normalized spacial score (nSPS) is 9.90. The summed E-state index contributed by atoms with van der Waals surface area (Å²) < 4.78 is 0.824. The van der Waals surface area contributed by atoms with Crippen molar-refractivity contribution in [2.45, 2.75) is 6.92 Å². The molecule has 3 nitrogen and oxygen atoms in total. The first-order valence-electron chi connectivity index (χ1n) is 5.78. The molecule has 0 fully saturated rings. The van der Waals surface area contributed by atoms with Crippen LogP contribution in [-0.2, 0) is 0 Å². The van der Waals surface area contributed by atoms with E-state index in [1.807, 2.05) is 25.1 Å². The molecule has 0 bridgehead atoms. The number of benzene rings is 2. The van der Waals surface area contributed by atoms with Crippen LogP contribution in [-0.4, -0.2) is 5.91 Å². The van der Waals surface area contributed by atoms with E-state index in [0.717, 1.165) is 10.0 Å². The van der Waals surface area contributed by atoms with Crippen molar-refractivity contribution in [1.82, 2.24) is 0 Å². The lowest BCUT2D eigenvalue weighted by Crippen LogP contribution is -2.13. The van der Waals surface area contributed by atoms with Crippen molar-refractivity contribution >= 4 is 39.1 Å². The minimum atomic E-state index is -0.263. The lowest BCUT2D eigenvalue weighted by atomic mass is 10.1. The van der Waals surface area contributed by atoms with Crippen molar-refractivity contribution in [3.63, 3.8) is 0 Å². The summed E-state index contributed by atoms with van der Waals surface area (Å²) in [4.78, 5) is 12.3. The van der Waals surface area contributed by atoms with Crippen LogP contribution < -0.4 is 5.32 Å². The Balaban J connectivity index is 2.33. The molecule has 1 N–H and O–H groups in total. The molecule has 0 unspecified atom stereocenters. The van der Waals surface area contributed by atoms with Gasteiger partial charge in [-0.15, -0.1) is 0 Å². The largest absolute Gasteiger partial charge is 0.321 e. The second kappa shape index (κ2) is 6.08. The van der Waals surface area contributed by atoms with Crippen LogP contribution in [0.3, 0.4) is 0 Å². The molecule has 0 aliphatic heterocycles. The van der Waals surface area contributed by atoms with Crippen LogP contribution in [0, 0.1) is 18.3 Å². The fourth-order valence-electron chi connectivity index (χ4n) is 1.72. The number of anilines is 1. The maximum Gasteiger partial charge on any atom is 0.256 e. The van der Waals surface area contributed by atoms with Crippen molar-refractivity contribution in [2.24, 2.45) is 0 Å². The highest BCUT2D eigenvalue weighted by Crippen LogP contribution is 2.24. The number of nitrogens with zero attached hydrogens (tertiary/aromatic N) is 1. The highest BCUT2D eigenvalue weighted by molar-refractivity contribution is 9.10. The second-order valence-electron chi connectivity index (χ2n) is 4.22. The van der Waals surface area contributed by atoms with E-state index in [-0.39, 0.29) is 5.91 Å². The fraction of sp³-hybridized carbons (Fsp3) is 0.0667. The van der Waals surface area contributed by atoms with Crippen molar-refractivity contribution in [3.8, 4) is 6.07 Å².